The Morgan fingerprint density at radius 3 is 2.67 bits per heavy atom. The van der Waals surface area contributed by atoms with E-state index < -0.39 is 5.76 Å². The van der Waals surface area contributed by atoms with E-state index >= 15 is 0 Å². The molecule has 2 rings (SSSR count). The van der Waals surface area contributed by atoms with Gasteiger partial charge in [-0.25, -0.2) is 0 Å². The van der Waals surface area contributed by atoms with Crippen molar-refractivity contribution in [1.29, 1.82) is 0 Å². The van der Waals surface area contributed by atoms with E-state index in [-0.39, 0.29) is 5.75 Å². The van der Waals surface area contributed by atoms with Crippen LogP contribution in [0.4, 0.5) is 14.5 Å². The minimum Gasteiger partial charge on any atom is -0.463 e. The van der Waals surface area contributed by atoms with Gasteiger partial charge in [0.2, 0.25) is 0 Å². The fourth-order valence-electron chi connectivity index (χ4n) is 2.10. The number of furan rings is 1. The van der Waals surface area contributed by atoms with Crippen LogP contribution in [0, 0.1) is 0 Å². The van der Waals surface area contributed by atoms with Gasteiger partial charge in [0.1, 0.15) is 11.5 Å². The summed E-state index contributed by atoms with van der Waals surface area (Å²) < 4.78 is 29.8. The minimum atomic E-state index is -2.36. The normalized spacial score (nSPS) is 11.0. The molecule has 1 aromatic heterocycles. The SMILES string of the molecule is CCCc1ccccc1NCc1ccc(CSC(F)F)o1. The minimum absolute atomic E-state index is 0.199. The molecule has 0 atom stereocenters. The molecule has 0 unspecified atom stereocenters. The molecule has 114 valence electrons. The van der Waals surface area contributed by atoms with E-state index in [0.29, 0.717) is 24.1 Å². The molecule has 0 aliphatic carbocycles. The molecule has 0 aliphatic rings. The van der Waals surface area contributed by atoms with Crippen molar-refractivity contribution in [3.8, 4) is 0 Å². The van der Waals surface area contributed by atoms with Gasteiger partial charge in [-0.1, -0.05) is 43.3 Å². The number of benzene rings is 1. The number of anilines is 1. The number of para-hydroxylation sites is 1. The standard InChI is InChI=1S/C16H19F2NOS/c1-2-5-12-6-3-4-7-15(12)19-10-13-8-9-14(20-13)11-21-16(17)18/h3-4,6-9,16,19H,2,5,10-11H2,1H3. The second-order valence-electron chi connectivity index (χ2n) is 4.70. The van der Waals surface area contributed by atoms with Gasteiger partial charge in [-0.15, -0.1) is 0 Å². The number of halogens is 2. The van der Waals surface area contributed by atoms with Crippen LogP contribution in [-0.2, 0) is 18.7 Å². The first kappa shape index (κ1) is 15.9. The summed E-state index contributed by atoms with van der Waals surface area (Å²) >= 11 is 0.574. The van der Waals surface area contributed by atoms with Crippen LogP contribution >= 0.6 is 11.8 Å². The predicted octanol–water partition coefficient (Wildman–Crippen LogP) is 5.30. The highest BCUT2D eigenvalue weighted by molar-refractivity contribution is 7.98. The van der Waals surface area contributed by atoms with Crippen molar-refractivity contribution in [2.45, 2.75) is 37.8 Å². The maximum Gasteiger partial charge on any atom is 0.284 e. The van der Waals surface area contributed by atoms with Crippen LogP contribution in [0.15, 0.2) is 40.8 Å². The molecular weight excluding hydrogens is 292 g/mol. The summed E-state index contributed by atoms with van der Waals surface area (Å²) in [5.74, 6) is -0.827. The molecule has 0 spiro atoms. The maximum absolute atomic E-state index is 12.1. The molecule has 1 heterocycles. The monoisotopic (exact) mass is 311 g/mol. The zero-order chi connectivity index (χ0) is 15.1. The summed E-state index contributed by atoms with van der Waals surface area (Å²) in [6.07, 6.45) is 2.12. The van der Waals surface area contributed by atoms with Crippen LogP contribution in [0.5, 0.6) is 0 Å². The lowest BCUT2D eigenvalue weighted by Gasteiger charge is -2.10. The van der Waals surface area contributed by atoms with E-state index in [4.69, 9.17) is 4.42 Å². The Labute approximate surface area is 127 Å². The molecule has 0 saturated carbocycles. The number of aryl methyl sites for hydroxylation is 1. The van der Waals surface area contributed by atoms with Gasteiger partial charge in [-0.2, -0.15) is 8.78 Å². The molecule has 1 N–H and O–H groups in total. The third-order valence-electron chi connectivity index (χ3n) is 3.06. The Morgan fingerprint density at radius 2 is 1.90 bits per heavy atom. The van der Waals surface area contributed by atoms with E-state index in [1.165, 1.54) is 5.56 Å². The molecule has 0 radical (unpaired) electrons. The van der Waals surface area contributed by atoms with Crippen molar-refractivity contribution in [1.82, 2.24) is 0 Å². The summed E-state index contributed by atoms with van der Waals surface area (Å²) in [5, 5.41) is 3.34. The molecule has 2 nitrogen and oxygen atoms in total. The maximum atomic E-state index is 12.1. The van der Waals surface area contributed by atoms with Crippen LogP contribution in [0.3, 0.4) is 0 Å². The molecule has 2 aromatic rings. The summed E-state index contributed by atoms with van der Waals surface area (Å²) in [7, 11) is 0. The highest BCUT2D eigenvalue weighted by Gasteiger charge is 2.08. The zero-order valence-corrected chi connectivity index (χ0v) is 12.8. The molecule has 1 aromatic carbocycles. The molecule has 0 bridgehead atoms. The Kier molecular flexibility index (Phi) is 6.11. The molecule has 0 amide bonds. The lowest BCUT2D eigenvalue weighted by Crippen LogP contribution is -2.01. The topological polar surface area (TPSA) is 25.2 Å². The molecule has 21 heavy (non-hydrogen) atoms. The zero-order valence-electron chi connectivity index (χ0n) is 11.9. The van der Waals surface area contributed by atoms with Crippen molar-refractivity contribution >= 4 is 17.4 Å². The molecule has 0 fully saturated rings. The van der Waals surface area contributed by atoms with Gasteiger partial charge in [-0.05, 0) is 30.2 Å². The second kappa shape index (κ2) is 8.08. The van der Waals surface area contributed by atoms with Gasteiger partial charge in [0, 0.05) is 5.69 Å². The third kappa shape index (κ3) is 5.08. The molecule has 0 saturated heterocycles. The number of rotatable bonds is 8. The Balaban J connectivity index is 1.91. The number of hydrogen-bond donors (Lipinski definition) is 1. The first-order valence-electron chi connectivity index (χ1n) is 6.98. The van der Waals surface area contributed by atoms with Crippen LogP contribution < -0.4 is 5.32 Å². The molecule has 5 heteroatoms. The average Bonchev–Trinajstić information content (AvgIpc) is 2.92. The summed E-state index contributed by atoms with van der Waals surface area (Å²) in [6.45, 7) is 2.70. The van der Waals surface area contributed by atoms with Crippen molar-refractivity contribution < 1.29 is 13.2 Å². The van der Waals surface area contributed by atoms with E-state index in [0.717, 1.165) is 24.3 Å². The Hall–Kier alpha value is -1.49. The van der Waals surface area contributed by atoms with E-state index in [2.05, 4.69) is 18.3 Å². The van der Waals surface area contributed by atoms with Crippen molar-refractivity contribution in [2.75, 3.05) is 5.32 Å². The van der Waals surface area contributed by atoms with Gasteiger partial charge in [0.15, 0.2) is 0 Å². The van der Waals surface area contributed by atoms with Crippen LogP contribution in [-0.4, -0.2) is 5.76 Å². The van der Waals surface area contributed by atoms with Gasteiger partial charge in [-0.3, -0.25) is 0 Å². The van der Waals surface area contributed by atoms with Crippen LogP contribution in [0.1, 0.15) is 30.4 Å². The Bertz CT molecular complexity index is 557. The molecule has 0 aliphatic heterocycles. The summed E-state index contributed by atoms with van der Waals surface area (Å²) in [4.78, 5) is 0. The van der Waals surface area contributed by atoms with Crippen molar-refractivity contribution in [3.63, 3.8) is 0 Å². The fourth-order valence-corrected chi connectivity index (χ4v) is 2.55. The first-order chi connectivity index (χ1) is 10.2. The quantitative estimate of drug-likeness (QED) is 0.716. The lowest BCUT2D eigenvalue weighted by molar-refractivity contribution is 0.251. The highest BCUT2D eigenvalue weighted by atomic mass is 32.2. The van der Waals surface area contributed by atoms with Gasteiger partial charge in [0.25, 0.3) is 5.76 Å². The predicted molar refractivity (Wildman–Crippen MR) is 83.8 cm³/mol. The smallest absolute Gasteiger partial charge is 0.284 e. The van der Waals surface area contributed by atoms with E-state index in [9.17, 15) is 8.78 Å². The third-order valence-corrected chi connectivity index (χ3v) is 3.76. The Morgan fingerprint density at radius 1 is 1.14 bits per heavy atom. The first-order valence-corrected chi connectivity index (χ1v) is 8.03. The average molecular weight is 311 g/mol. The highest BCUT2D eigenvalue weighted by Crippen LogP contribution is 2.22. The van der Waals surface area contributed by atoms with E-state index in [1.54, 1.807) is 6.07 Å². The van der Waals surface area contributed by atoms with Crippen LogP contribution in [0.2, 0.25) is 0 Å². The van der Waals surface area contributed by atoms with Crippen LogP contribution in [0.25, 0.3) is 0 Å². The summed E-state index contributed by atoms with van der Waals surface area (Å²) in [6, 6.07) is 11.8. The number of alkyl halides is 2. The van der Waals surface area contributed by atoms with Gasteiger partial charge >= 0.3 is 0 Å². The van der Waals surface area contributed by atoms with E-state index in [1.807, 2.05) is 24.3 Å². The largest absolute Gasteiger partial charge is 0.463 e. The van der Waals surface area contributed by atoms with Crippen molar-refractivity contribution in [2.24, 2.45) is 0 Å². The second-order valence-corrected chi connectivity index (χ2v) is 5.68. The lowest BCUT2D eigenvalue weighted by atomic mass is 10.1. The van der Waals surface area contributed by atoms with Gasteiger partial charge in [0.05, 0.1) is 12.3 Å². The van der Waals surface area contributed by atoms with Gasteiger partial charge < -0.3 is 9.73 Å². The summed E-state index contributed by atoms with van der Waals surface area (Å²) in [5.41, 5.74) is 2.37. The van der Waals surface area contributed by atoms with Crippen molar-refractivity contribution in [3.05, 3.63) is 53.5 Å². The number of hydrogen-bond acceptors (Lipinski definition) is 3. The number of thioether (sulfide) groups is 1. The molecular formula is C16H19F2NOS. The fraction of sp³-hybridized carbons (Fsp3) is 0.375. The number of nitrogens with one attached hydrogen (secondary N) is 1.